The molecule has 0 aliphatic rings. The number of Topliss-reactive ketones (excluding diaryl/α,β-unsaturated/α-hetero) is 2. The molecule has 0 aromatic carbocycles. The smallest absolute Gasteiger partial charge is 0.0627 e. The molecule has 0 unspecified atom stereocenters. The Morgan fingerprint density at radius 2 is 1.38 bits per heavy atom. The summed E-state index contributed by atoms with van der Waals surface area (Å²) in [7, 11) is 0. The van der Waals surface area contributed by atoms with Crippen molar-refractivity contribution in [2.45, 2.75) is 13.8 Å². The fourth-order valence-electron chi connectivity index (χ4n) is 0.809. The summed E-state index contributed by atoms with van der Waals surface area (Å²) >= 11 is 0. The largest absolute Gasteiger partial charge is 0.556 e. The summed E-state index contributed by atoms with van der Waals surface area (Å²) in [5.74, 6) is -0.347. The van der Waals surface area contributed by atoms with Gasteiger partial charge in [0.25, 0.3) is 0 Å². The van der Waals surface area contributed by atoms with Crippen molar-refractivity contribution in [3.8, 4) is 0 Å². The van der Waals surface area contributed by atoms with Crippen molar-refractivity contribution in [2.75, 3.05) is 0 Å². The van der Waals surface area contributed by atoms with Crippen molar-refractivity contribution in [1.29, 1.82) is 0 Å². The standard InChI is InChI=1S/C8H7NO2.Re.Rf/c1-5(10)7-3-9-4-8(7)6(2)11;;/h9H,1-2H3;;/q-2;;. The number of ketones is 2. The molecule has 3 nitrogen and oxygen atoms in total. The third-order valence-corrected chi connectivity index (χ3v) is 1.33. The van der Waals surface area contributed by atoms with E-state index >= 15 is 0 Å². The minimum atomic E-state index is -0.173. The molecule has 1 rings (SSSR count). The van der Waals surface area contributed by atoms with Crippen molar-refractivity contribution in [3.63, 3.8) is 0 Å². The van der Waals surface area contributed by atoms with Gasteiger partial charge in [0, 0.05) is 20.4 Å². The van der Waals surface area contributed by atoms with E-state index in [1.165, 1.54) is 13.8 Å². The zero-order valence-corrected chi connectivity index (χ0v) is 16.5. The van der Waals surface area contributed by atoms with Crippen LogP contribution in [0.3, 0.4) is 0 Å². The van der Waals surface area contributed by atoms with Gasteiger partial charge in [0.05, 0.1) is 5.78 Å². The average Bonchev–Trinajstić information content (AvgIpc) is 2.32. The van der Waals surface area contributed by atoms with E-state index in [2.05, 4.69) is 17.4 Å². The Balaban J connectivity index is 0. The topological polar surface area (TPSA) is 49.9 Å². The molecule has 0 fully saturated rings. The van der Waals surface area contributed by atoms with Gasteiger partial charge >= 0.3 is 0 Å². The first-order chi connectivity index (χ1) is 5.13. The molecular weight excluding hydrogens is 595 g/mol. The first-order valence-electron chi connectivity index (χ1n) is 3.16. The van der Waals surface area contributed by atoms with E-state index < -0.39 is 0 Å². The van der Waals surface area contributed by atoms with E-state index in [-0.39, 0.29) is 43.1 Å². The molecule has 5 heteroatoms. The fourth-order valence-corrected chi connectivity index (χ4v) is 0.809. The Hall–Kier alpha value is -1.72. The van der Waals surface area contributed by atoms with Crippen LogP contribution in [0.1, 0.15) is 34.6 Å². The molecule has 1 radical (unpaired) electrons. The number of H-pyrrole nitrogens is 1. The molecule has 0 amide bonds. The zero-order valence-electron chi connectivity index (χ0n) is 7.40. The SMILES string of the molecule is CC(=O)c1[c-][nH][c-]c1C(C)=O.[Re].[Rf]. The van der Waals surface area contributed by atoms with E-state index in [1.807, 2.05) is 0 Å². The number of carbonyl (C=O) groups is 2. The van der Waals surface area contributed by atoms with Crippen LogP contribution in [0, 0.1) is 12.4 Å². The molecular formula is C8H7NO2ReRf-2. The zero-order chi connectivity index (χ0) is 8.43. The Bertz CT molecular complexity index is 280. The second-order valence-electron chi connectivity index (χ2n) is 2.24. The number of hydrogen-bond donors (Lipinski definition) is 1. The van der Waals surface area contributed by atoms with Crippen LogP contribution in [-0.2, 0) is 20.4 Å². The summed E-state index contributed by atoms with van der Waals surface area (Å²) < 4.78 is 0. The third kappa shape index (κ3) is 2.66. The van der Waals surface area contributed by atoms with Gasteiger partial charge in [0.15, 0.2) is 0 Å². The number of hydrogen-bond acceptors (Lipinski definition) is 2. The van der Waals surface area contributed by atoms with Crippen LogP contribution < -0.4 is 0 Å². The first kappa shape index (κ1) is 13.8. The molecule has 1 N–H and O–H groups in total. The maximum Gasteiger partial charge on any atom is 0.0627 e. The van der Waals surface area contributed by atoms with Crippen LogP contribution in [0.15, 0.2) is 0 Å². The van der Waals surface area contributed by atoms with Gasteiger partial charge in [-0.2, -0.15) is 0 Å². The van der Waals surface area contributed by atoms with Gasteiger partial charge in [-0.1, -0.05) is 6.92 Å². The van der Waals surface area contributed by atoms with Gasteiger partial charge in [0.1, 0.15) is 0 Å². The van der Waals surface area contributed by atoms with Crippen molar-refractivity contribution in [3.05, 3.63) is 23.5 Å². The number of carbonyl (C=O) groups excluding carboxylic acids is 2. The van der Waals surface area contributed by atoms with E-state index in [0.29, 0.717) is 0 Å². The predicted octanol–water partition coefficient (Wildman–Crippen LogP) is 1.02. The van der Waals surface area contributed by atoms with Crippen molar-refractivity contribution < 1.29 is 30.0 Å². The molecule has 1 heterocycles. The first-order valence-corrected chi connectivity index (χ1v) is 3.16. The molecule has 0 saturated carbocycles. The van der Waals surface area contributed by atoms with Crippen LogP contribution in [0.4, 0.5) is 0 Å². The summed E-state index contributed by atoms with van der Waals surface area (Å²) in [6.07, 6.45) is 5.07. The quantitative estimate of drug-likeness (QED) is 0.407. The monoisotopic (exact) mass is 603 g/mol. The average molecular weight is 602 g/mol. The molecule has 67 valence electrons. The molecule has 0 spiro atoms. The minimum Gasteiger partial charge on any atom is -0.556 e. The van der Waals surface area contributed by atoms with Crippen molar-refractivity contribution in [1.82, 2.24) is 4.98 Å². The van der Waals surface area contributed by atoms with E-state index in [9.17, 15) is 9.59 Å². The number of nitrogens with one attached hydrogen (secondary N) is 1. The van der Waals surface area contributed by atoms with Crippen LogP contribution in [-0.4, -0.2) is 16.6 Å². The van der Waals surface area contributed by atoms with Gasteiger partial charge in [-0.15, -0.1) is 0 Å². The minimum absolute atomic E-state index is 0. The summed E-state index contributed by atoms with van der Waals surface area (Å²) in [6.45, 7) is 2.78. The van der Waals surface area contributed by atoms with Crippen molar-refractivity contribution >= 4 is 11.6 Å². The molecule has 0 atom stereocenters. The summed E-state index contributed by atoms with van der Waals surface area (Å²) in [6, 6.07) is 0. The maximum atomic E-state index is 10.8. The Kier molecular flexibility index (Phi) is 5.35. The summed E-state index contributed by atoms with van der Waals surface area (Å²) in [5.41, 5.74) is 0.579. The Labute approximate surface area is 84.2 Å². The van der Waals surface area contributed by atoms with Crippen LogP contribution in [0.25, 0.3) is 0 Å². The molecule has 1 aromatic rings. The second-order valence-corrected chi connectivity index (χ2v) is 2.24. The normalized spacial score (nSPS) is 8.15. The van der Waals surface area contributed by atoms with Gasteiger partial charge in [0.2, 0.25) is 0 Å². The Morgan fingerprint density at radius 3 is 1.62 bits per heavy atom. The maximum absolute atomic E-state index is 10.8. The molecule has 1 aromatic heterocycles. The summed E-state index contributed by atoms with van der Waals surface area (Å²) in [5, 5.41) is 0. The number of aromatic nitrogens is 1. The molecule has 13 heavy (non-hydrogen) atoms. The van der Waals surface area contributed by atoms with E-state index in [1.54, 1.807) is 0 Å². The van der Waals surface area contributed by atoms with Crippen LogP contribution in [0.2, 0.25) is 0 Å². The van der Waals surface area contributed by atoms with Crippen LogP contribution >= 0.6 is 0 Å². The van der Waals surface area contributed by atoms with Gasteiger partial charge in [-0.25, -0.2) is 17.3 Å². The number of aromatic amines is 1. The number of rotatable bonds is 2. The Morgan fingerprint density at radius 1 is 1.08 bits per heavy atom. The summed E-state index contributed by atoms with van der Waals surface area (Å²) in [4.78, 5) is 24.1. The van der Waals surface area contributed by atoms with Gasteiger partial charge < -0.3 is 14.6 Å². The second kappa shape index (κ2) is 5.02. The van der Waals surface area contributed by atoms with E-state index in [0.717, 1.165) is 0 Å². The fraction of sp³-hybridized carbons (Fsp3) is 0.250. The van der Waals surface area contributed by atoms with Crippen LogP contribution in [0.5, 0.6) is 0 Å². The van der Waals surface area contributed by atoms with Crippen molar-refractivity contribution in [2.24, 2.45) is 0 Å². The third-order valence-electron chi connectivity index (χ3n) is 1.33. The van der Waals surface area contributed by atoms with Gasteiger partial charge in [-0.3, -0.25) is 6.20 Å². The van der Waals surface area contributed by atoms with E-state index in [4.69, 9.17) is 0 Å². The molecule has 0 saturated heterocycles. The van der Waals surface area contributed by atoms with Gasteiger partial charge in [-0.05, 0) is 12.7 Å². The molecule has 0 aliphatic carbocycles. The molecule has 0 aliphatic heterocycles. The molecule has 0 bridgehead atoms. The predicted molar refractivity (Wildman–Crippen MR) is 38.5 cm³/mol.